The number of H-pyrrole nitrogens is 1. The summed E-state index contributed by atoms with van der Waals surface area (Å²) in [7, 11) is 0. The molecule has 7 nitrogen and oxygen atoms in total. The molecule has 0 radical (unpaired) electrons. The molecule has 37 heavy (non-hydrogen) atoms. The second kappa shape index (κ2) is 8.83. The van der Waals surface area contributed by atoms with Gasteiger partial charge >= 0.3 is 0 Å². The zero-order valence-corrected chi connectivity index (χ0v) is 20.0. The monoisotopic (exact) mass is 489 g/mol. The fraction of sp³-hybridized carbons (Fsp3) is 0.138. The molecule has 182 valence electrons. The maximum absolute atomic E-state index is 13.7. The van der Waals surface area contributed by atoms with Crippen LogP contribution >= 0.6 is 0 Å². The van der Waals surface area contributed by atoms with Crippen molar-refractivity contribution in [1.29, 1.82) is 0 Å². The molecule has 1 aliphatic heterocycles. The molecule has 2 N–H and O–H groups in total. The van der Waals surface area contributed by atoms with E-state index in [0.29, 0.717) is 0 Å². The molecule has 0 bridgehead atoms. The number of aromatic nitrogens is 5. The molecular formula is C29H24FN7. The second-order valence-electron chi connectivity index (χ2n) is 9.24. The number of anilines is 1. The number of imidazole rings is 1. The summed E-state index contributed by atoms with van der Waals surface area (Å²) < 4.78 is 15.7. The Morgan fingerprint density at radius 1 is 0.919 bits per heavy atom. The minimum absolute atomic E-state index is 0.226. The number of hydrogen-bond acceptors (Lipinski definition) is 5. The summed E-state index contributed by atoms with van der Waals surface area (Å²) in [6.45, 7) is 2.54. The summed E-state index contributed by atoms with van der Waals surface area (Å²) in [5.74, 6) is 0.608. The van der Waals surface area contributed by atoms with Gasteiger partial charge in [-0.25, -0.2) is 18.9 Å². The van der Waals surface area contributed by atoms with E-state index in [9.17, 15) is 4.39 Å². The van der Waals surface area contributed by atoms with Crippen LogP contribution in [0.15, 0.2) is 91.3 Å². The van der Waals surface area contributed by atoms with Gasteiger partial charge in [0.25, 0.3) is 0 Å². The van der Waals surface area contributed by atoms with Crippen LogP contribution in [0.2, 0.25) is 0 Å². The Bertz CT molecular complexity index is 1710. The van der Waals surface area contributed by atoms with Crippen LogP contribution in [0.4, 0.5) is 10.2 Å². The Morgan fingerprint density at radius 2 is 1.78 bits per heavy atom. The average molecular weight is 490 g/mol. The molecule has 8 heteroatoms. The van der Waals surface area contributed by atoms with Crippen LogP contribution in [0.3, 0.4) is 0 Å². The number of hydrogen-bond donors (Lipinski definition) is 2. The summed E-state index contributed by atoms with van der Waals surface area (Å²) in [6, 6.07) is 25.2. The summed E-state index contributed by atoms with van der Waals surface area (Å²) in [4.78, 5) is 14.9. The predicted octanol–water partition coefficient (Wildman–Crippen LogP) is 5.23. The topological polar surface area (TPSA) is 74.1 Å². The van der Waals surface area contributed by atoms with Crippen LogP contribution in [0, 0.1) is 5.82 Å². The Kier molecular flexibility index (Phi) is 5.18. The molecule has 6 aromatic rings. The number of nitrogens with one attached hydrogen (secondary N) is 2. The van der Waals surface area contributed by atoms with Gasteiger partial charge in [-0.1, -0.05) is 30.3 Å². The predicted molar refractivity (Wildman–Crippen MR) is 143 cm³/mol. The normalized spacial score (nSPS) is 16.0. The number of piperazine rings is 1. The molecule has 0 saturated carbocycles. The van der Waals surface area contributed by atoms with E-state index in [-0.39, 0.29) is 11.9 Å². The van der Waals surface area contributed by atoms with Crippen LogP contribution in [-0.4, -0.2) is 44.2 Å². The Hall–Kier alpha value is -4.56. The first-order chi connectivity index (χ1) is 18.2. The highest BCUT2D eigenvalue weighted by atomic mass is 19.1. The fourth-order valence-electron chi connectivity index (χ4n) is 5.18. The SMILES string of the molecule is Fc1ccc(-c2nc3ccc(N4CCN[C@@H](c5ccccc5)C4)nn3c2-c2ccnc3[nH]ccc23)cc1. The first kappa shape index (κ1) is 21.7. The van der Waals surface area contributed by atoms with E-state index in [2.05, 4.69) is 44.5 Å². The van der Waals surface area contributed by atoms with E-state index in [1.807, 2.05) is 41.0 Å². The molecule has 0 amide bonds. The highest BCUT2D eigenvalue weighted by molar-refractivity contribution is 5.96. The molecule has 1 aliphatic rings. The van der Waals surface area contributed by atoms with Gasteiger partial charge in [-0.2, -0.15) is 0 Å². The molecule has 1 atom stereocenters. The number of rotatable bonds is 4. The third-order valence-corrected chi connectivity index (χ3v) is 7.00. The van der Waals surface area contributed by atoms with Gasteiger partial charge < -0.3 is 15.2 Å². The van der Waals surface area contributed by atoms with Crippen molar-refractivity contribution < 1.29 is 4.39 Å². The number of nitrogens with zero attached hydrogens (tertiary/aromatic N) is 5. The van der Waals surface area contributed by atoms with Crippen LogP contribution in [0.25, 0.3) is 39.2 Å². The number of halogens is 1. The van der Waals surface area contributed by atoms with Crippen molar-refractivity contribution in [2.75, 3.05) is 24.5 Å². The van der Waals surface area contributed by atoms with Crippen molar-refractivity contribution in [3.63, 3.8) is 0 Å². The molecule has 1 fully saturated rings. The van der Waals surface area contributed by atoms with Crippen molar-refractivity contribution in [2.45, 2.75) is 6.04 Å². The maximum Gasteiger partial charge on any atom is 0.155 e. The number of pyridine rings is 1. The van der Waals surface area contributed by atoms with Crippen molar-refractivity contribution >= 4 is 22.5 Å². The lowest BCUT2D eigenvalue weighted by Gasteiger charge is -2.34. The minimum atomic E-state index is -0.280. The largest absolute Gasteiger partial charge is 0.352 e. The number of fused-ring (bicyclic) bond motifs is 2. The maximum atomic E-state index is 13.7. The number of benzene rings is 2. The van der Waals surface area contributed by atoms with Crippen LogP contribution in [0.5, 0.6) is 0 Å². The van der Waals surface area contributed by atoms with Crippen molar-refractivity contribution in [1.82, 2.24) is 29.9 Å². The van der Waals surface area contributed by atoms with E-state index in [1.54, 1.807) is 18.3 Å². The molecule has 0 unspecified atom stereocenters. The van der Waals surface area contributed by atoms with E-state index in [0.717, 1.165) is 64.6 Å². The van der Waals surface area contributed by atoms with Crippen LogP contribution in [0.1, 0.15) is 11.6 Å². The van der Waals surface area contributed by atoms with Crippen LogP contribution < -0.4 is 10.2 Å². The molecule has 1 saturated heterocycles. The molecule has 4 aromatic heterocycles. The van der Waals surface area contributed by atoms with E-state index < -0.39 is 0 Å². The van der Waals surface area contributed by atoms with Gasteiger partial charge in [-0.3, -0.25) is 0 Å². The molecule has 0 aliphatic carbocycles. The third-order valence-electron chi connectivity index (χ3n) is 7.00. The van der Waals surface area contributed by atoms with Gasteiger partial charge in [0, 0.05) is 54.6 Å². The van der Waals surface area contributed by atoms with Gasteiger partial charge in [0.15, 0.2) is 5.65 Å². The molecular weight excluding hydrogens is 465 g/mol. The van der Waals surface area contributed by atoms with Crippen LogP contribution in [-0.2, 0) is 0 Å². The van der Waals surface area contributed by atoms with Gasteiger partial charge in [-0.05, 0) is 54.1 Å². The highest BCUT2D eigenvalue weighted by Gasteiger charge is 2.24. The van der Waals surface area contributed by atoms with Crippen molar-refractivity contribution in [3.05, 3.63) is 103 Å². The van der Waals surface area contributed by atoms with Gasteiger partial charge in [0.2, 0.25) is 0 Å². The standard InChI is InChI=1S/C29H24FN7/c30-21-8-6-20(7-9-21)27-28(22-12-14-32-29-23(22)13-15-33-29)37-25(34-27)10-11-26(35-37)36-17-16-31-24(18-36)19-4-2-1-3-5-19/h1-15,24,31H,16-18H2,(H,32,33)/t24-/m1/s1. The van der Waals surface area contributed by atoms with Crippen molar-refractivity contribution in [2.24, 2.45) is 0 Å². The lowest BCUT2D eigenvalue weighted by molar-refractivity contribution is 0.468. The van der Waals surface area contributed by atoms with Crippen molar-refractivity contribution in [3.8, 4) is 22.5 Å². The summed E-state index contributed by atoms with van der Waals surface area (Å²) >= 11 is 0. The Labute approximate surface area is 212 Å². The van der Waals surface area contributed by atoms with Gasteiger partial charge in [-0.15, -0.1) is 5.10 Å². The lowest BCUT2D eigenvalue weighted by Crippen LogP contribution is -2.46. The quantitative estimate of drug-likeness (QED) is 0.355. The van der Waals surface area contributed by atoms with Gasteiger partial charge in [0.1, 0.15) is 23.0 Å². The smallest absolute Gasteiger partial charge is 0.155 e. The summed E-state index contributed by atoms with van der Waals surface area (Å²) in [5.41, 5.74) is 6.18. The zero-order chi connectivity index (χ0) is 24.8. The Morgan fingerprint density at radius 3 is 2.65 bits per heavy atom. The fourth-order valence-corrected chi connectivity index (χ4v) is 5.18. The molecule has 5 heterocycles. The van der Waals surface area contributed by atoms with E-state index in [1.165, 1.54) is 17.7 Å². The molecule has 7 rings (SSSR count). The first-order valence-corrected chi connectivity index (χ1v) is 12.4. The summed E-state index contributed by atoms with van der Waals surface area (Å²) in [5, 5.41) is 9.71. The zero-order valence-electron chi connectivity index (χ0n) is 20.0. The van der Waals surface area contributed by atoms with E-state index >= 15 is 0 Å². The third kappa shape index (κ3) is 3.82. The molecule has 0 spiro atoms. The highest BCUT2D eigenvalue weighted by Crippen LogP contribution is 2.36. The Balaban J connectivity index is 1.38. The van der Waals surface area contributed by atoms with Gasteiger partial charge in [0.05, 0.1) is 5.69 Å². The lowest BCUT2D eigenvalue weighted by atomic mass is 10.0. The first-order valence-electron chi connectivity index (χ1n) is 12.4. The van der Waals surface area contributed by atoms with E-state index in [4.69, 9.17) is 10.1 Å². The summed E-state index contributed by atoms with van der Waals surface area (Å²) in [6.07, 6.45) is 3.66. The average Bonchev–Trinajstić information content (AvgIpc) is 3.59. The minimum Gasteiger partial charge on any atom is -0.352 e. The molecule has 2 aromatic carbocycles. The number of aromatic amines is 1. The second-order valence-corrected chi connectivity index (χ2v) is 9.24.